The first-order chi connectivity index (χ1) is 9.58. The highest BCUT2D eigenvalue weighted by Gasteiger charge is 2.31. The van der Waals surface area contributed by atoms with Crippen molar-refractivity contribution in [1.29, 1.82) is 0 Å². The number of aliphatic hydroxyl groups is 2. The molecule has 6 N–H and O–H groups in total. The average Bonchev–Trinajstić information content (AvgIpc) is 2.94. The molecule has 8 heteroatoms. The standard InChI is InChI=1S/C12H17N5O3/c13-12-15-9-6(1-14-10(9)11(20)16-12)2-17-3-7(5-18)8(19)4-17/h1,7-8,14,18-19H,2-5H2,(H3,13,15,16,20)/t7-,8?/m1/s1. The maximum absolute atomic E-state index is 11.7. The fourth-order valence-corrected chi connectivity index (χ4v) is 2.70. The van der Waals surface area contributed by atoms with Crippen LogP contribution in [-0.2, 0) is 6.54 Å². The van der Waals surface area contributed by atoms with Crippen LogP contribution in [0.5, 0.6) is 0 Å². The molecule has 3 rings (SSSR count). The van der Waals surface area contributed by atoms with E-state index in [1.165, 1.54) is 0 Å². The molecular formula is C12H17N5O3. The van der Waals surface area contributed by atoms with E-state index >= 15 is 0 Å². The number of aliphatic hydroxyl groups excluding tert-OH is 2. The molecule has 2 aromatic heterocycles. The van der Waals surface area contributed by atoms with Crippen molar-refractivity contribution in [1.82, 2.24) is 19.9 Å². The van der Waals surface area contributed by atoms with Gasteiger partial charge in [-0.3, -0.25) is 14.7 Å². The molecule has 1 aliphatic heterocycles. The van der Waals surface area contributed by atoms with Gasteiger partial charge in [0, 0.05) is 43.9 Å². The Balaban J connectivity index is 1.87. The van der Waals surface area contributed by atoms with Gasteiger partial charge in [-0.1, -0.05) is 0 Å². The van der Waals surface area contributed by atoms with Gasteiger partial charge in [0.1, 0.15) is 11.0 Å². The van der Waals surface area contributed by atoms with Crippen molar-refractivity contribution in [2.45, 2.75) is 12.6 Å². The predicted octanol–water partition coefficient (Wildman–Crippen LogP) is -1.38. The summed E-state index contributed by atoms with van der Waals surface area (Å²) in [5.41, 5.74) is 7.06. The van der Waals surface area contributed by atoms with E-state index < -0.39 is 6.10 Å². The molecule has 2 atom stereocenters. The maximum Gasteiger partial charge on any atom is 0.276 e. The van der Waals surface area contributed by atoms with Crippen molar-refractivity contribution in [3.8, 4) is 0 Å². The zero-order valence-electron chi connectivity index (χ0n) is 10.8. The van der Waals surface area contributed by atoms with Gasteiger partial charge in [-0.2, -0.15) is 0 Å². The summed E-state index contributed by atoms with van der Waals surface area (Å²) in [7, 11) is 0. The van der Waals surface area contributed by atoms with Gasteiger partial charge in [-0.25, -0.2) is 4.98 Å². The quantitative estimate of drug-likeness (QED) is 0.470. The van der Waals surface area contributed by atoms with Crippen LogP contribution in [0.15, 0.2) is 11.0 Å². The third-order valence-electron chi connectivity index (χ3n) is 3.74. The average molecular weight is 279 g/mol. The van der Waals surface area contributed by atoms with Gasteiger partial charge in [0.25, 0.3) is 5.56 Å². The van der Waals surface area contributed by atoms with E-state index in [4.69, 9.17) is 10.8 Å². The molecule has 0 aromatic carbocycles. The summed E-state index contributed by atoms with van der Waals surface area (Å²) in [5, 5.41) is 18.9. The van der Waals surface area contributed by atoms with Gasteiger partial charge < -0.3 is 20.9 Å². The van der Waals surface area contributed by atoms with Crippen LogP contribution < -0.4 is 11.3 Å². The van der Waals surface area contributed by atoms with Gasteiger partial charge in [-0.15, -0.1) is 0 Å². The van der Waals surface area contributed by atoms with E-state index in [2.05, 4.69) is 15.0 Å². The number of nitrogens with zero attached hydrogens (tertiary/aromatic N) is 2. The van der Waals surface area contributed by atoms with Gasteiger partial charge in [0.05, 0.1) is 6.10 Å². The highest BCUT2D eigenvalue weighted by Crippen LogP contribution is 2.21. The minimum absolute atomic E-state index is 0.0313. The number of anilines is 1. The fraction of sp³-hybridized carbons (Fsp3) is 0.500. The molecule has 0 radical (unpaired) electrons. The van der Waals surface area contributed by atoms with E-state index in [9.17, 15) is 9.90 Å². The van der Waals surface area contributed by atoms with Crippen molar-refractivity contribution in [2.75, 3.05) is 25.4 Å². The van der Waals surface area contributed by atoms with E-state index in [1.54, 1.807) is 6.20 Å². The van der Waals surface area contributed by atoms with Crippen LogP contribution in [-0.4, -0.2) is 55.9 Å². The first-order valence-electron chi connectivity index (χ1n) is 6.45. The van der Waals surface area contributed by atoms with Gasteiger partial charge in [0.2, 0.25) is 5.95 Å². The van der Waals surface area contributed by atoms with Crippen LogP contribution in [0.3, 0.4) is 0 Å². The number of hydrogen-bond donors (Lipinski definition) is 5. The number of likely N-dealkylation sites (tertiary alicyclic amines) is 1. The highest BCUT2D eigenvalue weighted by atomic mass is 16.3. The largest absolute Gasteiger partial charge is 0.396 e. The van der Waals surface area contributed by atoms with Crippen LogP contribution in [0.4, 0.5) is 5.95 Å². The minimum atomic E-state index is -0.522. The lowest BCUT2D eigenvalue weighted by Gasteiger charge is -2.14. The number of nitrogen functional groups attached to an aromatic ring is 1. The number of β-amino-alcohol motifs (C(OH)–C–C–N with tert-alkyl or cyclic N) is 1. The number of aromatic amines is 2. The zero-order valence-corrected chi connectivity index (χ0v) is 10.8. The fourth-order valence-electron chi connectivity index (χ4n) is 2.70. The smallest absolute Gasteiger partial charge is 0.276 e. The third-order valence-corrected chi connectivity index (χ3v) is 3.74. The molecule has 1 saturated heterocycles. The highest BCUT2D eigenvalue weighted by molar-refractivity contribution is 5.78. The van der Waals surface area contributed by atoms with Crippen molar-refractivity contribution in [3.05, 3.63) is 22.1 Å². The van der Waals surface area contributed by atoms with Crippen LogP contribution in [0.25, 0.3) is 11.0 Å². The normalized spacial score (nSPS) is 23.7. The number of hydrogen-bond acceptors (Lipinski definition) is 6. The zero-order chi connectivity index (χ0) is 14.3. The number of aromatic nitrogens is 3. The Kier molecular flexibility index (Phi) is 3.20. The minimum Gasteiger partial charge on any atom is -0.396 e. The van der Waals surface area contributed by atoms with Crippen LogP contribution in [0.1, 0.15) is 5.56 Å². The molecule has 3 heterocycles. The van der Waals surface area contributed by atoms with E-state index in [-0.39, 0.29) is 24.0 Å². The van der Waals surface area contributed by atoms with Gasteiger partial charge in [0.15, 0.2) is 0 Å². The second-order valence-electron chi connectivity index (χ2n) is 5.19. The van der Waals surface area contributed by atoms with Crippen molar-refractivity contribution >= 4 is 17.0 Å². The maximum atomic E-state index is 11.7. The molecule has 0 amide bonds. The Morgan fingerprint density at radius 2 is 2.30 bits per heavy atom. The summed E-state index contributed by atoms with van der Waals surface area (Å²) in [4.78, 5) is 23.2. The molecule has 8 nitrogen and oxygen atoms in total. The summed E-state index contributed by atoms with van der Waals surface area (Å²) in [6.45, 7) is 1.62. The van der Waals surface area contributed by atoms with E-state index in [1.807, 2.05) is 4.90 Å². The monoisotopic (exact) mass is 279 g/mol. The lowest BCUT2D eigenvalue weighted by molar-refractivity contribution is 0.103. The van der Waals surface area contributed by atoms with Crippen molar-refractivity contribution < 1.29 is 10.2 Å². The van der Waals surface area contributed by atoms with Crippen LogP contribution in [0, 0.1) is 5.92 Å². The molecule has 1 unspecified atom stereocenters. The summed E-state index contributed by atoms with van der Waals surface area (Å²) < 4.78 is 0. The summed E-state index contributed by atoms with van der Waals surface area (Å²) in [5.74, 6) is -0.0420. The number of nitrogens with one attached hydrogen (secondary N) is 2. The molecule has 0 aliphatic carbocycles. The molecule has 0 spiro atoms. The second kappa shape index (κ2) is 4.89. The van der Waals surface area contributed by atoms with E-state index in [0.717, 1.165) is 5.56 Å². The van der Waals surface area contributed by atoms with Crippen LogP contribution in [0.2, 0.25) is 0 Å². The summed E-state index contributed by atoms with van der Waals surface area (Å²) in [6, 6.07) is 0. The molecule has 1 fully saturated rings. The Morgan fingerprint density at radius 1 is 1.50 bits per heavy atom. The molecule has 20 heavy (non-hydrogen) atoms. The second-order valence-corrected chi connectivity index (χ2v) is 5.19. The van der Waals surface area contributed by atoms with Gasteiger partial charge >= 0.3 is 0 Å². The Hall–Kier alpha value is -1.90. The van der Waals surface area contributed by atoms with Gasteiger partial charge in [-0.05, 0) is 0 Å². The topological polar surface area (TPSA) is 131 Å². The number of fused-ring (bicyclic) bond motifs is 1. The Labute approximate surface area is 114 Å². The molecule has 2 aromatic rings. The summed E-state index contributed by atoms with van der Waals surface area (Å²) >= 11 is 0. The lowest BCUT2D eigenvalue weighted by atomic mass is 10.1. The van der Waals surface area contributed by atoms with Crippen molar-refractivity contribution in [3.63, 3.8) is 0 Å². The number of rotatable bonds is 3. The molecule has 0 bridgehead atoms. The predicted molar refractivity (Wildman–Crippen MR) is 73.0 cm³/mol. The molecular weight excluding hydrogens is 262 g/mol. The van der Waals surface area contributed by atoms with E-state index in [0.29, 0.717) is 30.7 Å². The Morgan fingerprint density at radius 3 is 3.00 bits per heavy atom. The molecule has 0 saturated carbocycles. The first-order valence-corrected chi connectivity index (χ1v) is 6.45. The number of H-pyrrole nitrogens is 2. The SMILES string of the molecule is Nc1nc2c(CN3CC(O)[C@@H](CO)C3)c[nH]c2c(=O)[nH]1. The van der Waals surface area contributed by atoms with Crippen LogP contribution >= 0.6 is 0 Å². The number of nitrogens with two attached hydrogens (primary N) is 1. The first kappa shape index (κ1) is 13.1. The molecule has 1 aliphatic rings. The third kappa shape index (κ3) is 2.17. The Bertz CT molecular complexity index is 679. The summed E-state index contributed by atoms with van der Waals surface area (Å²) in [6.07, 6.45) is 1.21. The molecule has 108 valence electrons. The lowest BCUT2D eigenvalue weighted by Crippen LogP contribution is -2.21. The van der Waals surface area contributed by atoms with Crippen molar-refractivity contribution in [2.24, 2.45) is 5.92 Å².